The first-order chi connectivity index (χ1) is 9.12. The lowest BCUT2D eigenvalue weighted by Gasteiger charge is -2.06. The Morgan fingerprint density at radius 1 is 1.26 bits per heavy atom. The molecular weight excluding hydrogens is 242 g/mol. The zero-order valence-corrected chi connectivity index (χ0v) is 11.3. The fourth-order valence-electron chi connectivity index (χ4n) is 1.88. The number of hydrogen-bond donors (Lipinski definition) is 1. The molecule has 5 nitrogen and oxygen atoms in total. The summed E-state index contributed by atoms with van der Waals surface area (Å²) < 4.78 is 4.91. The van der Waals surface area contributed by atoms with Crippen LogP contribution in [0.25, 0.3) is 0 Å². The molecule has 0 aromatic carbocycles. The summed E-state index contributed by atoms with van der Waals surface area (Å²) in [6, 6.07) is 3.61. The molecule has 2 aromatic rings. The molecule has 0 saturated carbocycles. The third kappa shape index (κ3) is 3.19. The smallest absolute Gasteiger partial charge is 0.256 e. The SMILES string of the molecule is CCc1cc(C)nc(Cc2cnc(OC)c(O)c2)n1. The minimum atomic E-state index is 0.0309. The first-order valence-corrected chi connectivity index (χ1v) is 6.17. The van der Waals surface area contributed by atoms with Crippen LogP contribution in [0.5, 0.6) is 11.6 Å². The van der Waals surface area contributed by atoms with Gasteiger partial charge in [0.1, 0.15) is 5.82 Å². The third-order valence-electron chi connectivity index (χ3n) is 2.76. The predicted molar refractivity (Wildman–Crippen MR) is 71.4 cm³/mol. The first-order valence-electron chi connectivity index (χ1n) is 6.17. The summed E-state index contributed by atoms with van der Waals surface area (Å²) in [5.74, 6) is 0.995. The van der Waals surface area contributed by atoms with Crippen molar-refractivity contribution in [1.29, 1.82) is 0 Å². The van der Waals surface area contributed by atoms with Crippen molar-refractivity contribution in [2.24, 2.45) is 0 Å². The van der Waals surface area contributed by atoms with Gasteiger partial charge in [0, 0.05) is 24.0 Å². The van der Waals surface area contributed by atoms with Crippen LogP contribution in [0.15, 0.2) is 18.3 Å². The Hall–Kier alpha value is -2.17. The Bertz CT molecular complexity index is 585. The number of rotatable bonds is 4. The van der Waals surface area contributed by atoms with Crippen LogP contribution in [0.3, 0.4) is 0 Å². The molecule has 0 atom stereocenters. The van der Waals surface area contributed by atoms with Crippen LogP contribution < -0.4 is 4.74 Å². The lowest BCUT2D eigenvalue weighted by atomic mass is 10.2. The van der Waals surface area contributed by atoms with Gasteiger partial charge in [0.25, 0.3) is 5.88 Å². The van der Waals surface area contributed by atoms with Crippen LogP contribution in [-0.2, 0) is 12.8 Å². The molecule has 0 saturated heterocycles. The van der Waals surface area contributed by atoms with Crippen molar-refractivity contribution in [3.63, 3.8) is 0 Å². The maximum Gasteiger partial charge on any atom is 0.256 e. The zero-order chi connectivity index (χ0) is 13.8. The number of hydrogen-bond acceptors (Lipinski definition) is 5. The largest absolute Gasteiger partial charge is 0.503 e. The average Bonchev–Trinajstić information content (AvgIpc) is 2.38. The Labute approximate surface area is 112 Å². The maximum absolute atomic E-state index is 9.70. The van der Waals surface area contributed by atoms with Crippen LogP contribution in [0.2, 0.25) is 0 Å². The van der Waals surface area contributed by atoms with Gasteiger partial charge in [0.2, 0.25) is 0 Å². The second kappa shape index (κ2) is 5.65. The molecule has 1 N–H and O–H groups in total. The molecule has 19 heavy (non-hydrogen) atoms. The number of ether oxygens (including phenoxy) is 1. The highest BCUT2D eigenvalue weighted by molar-refractivity contribution is 5.35. The minimum absolute atomic E-state index is 0.0309. The van der Waals surface area contributed by atoms with E-state index >= 15 is 0 Å². The molecular formula is C14H17N3O2. The standard InChI is InChI=1S/C14H17N3O2/c1-4-11-5-9(2)16-13(17-11)7-10-6-12(18)14(19-3)15-8-10/h5-6,8,18H,4,7H2,1-3H3. The molecule has 2 rings (SSSR count). The number of aryl methyl sites for hydroxylation is 2. The molecule has 5 heteroatoms. The molecule has 0 aliphatic heterocycles. The highest BCUT2D eigenvalue weighted by atomic mass is 16.5. The van der Waals surface area contributed by atoms with E-state index in [1.54, 1.807) is 12.3 Å². The van der Waals surface area contributed by atoms with Gasteiger partial charge in [-0.15, -0.1) is 0 Å². The van der Waals surface area contributed by atoms with Gasteiger partial charge in [0.15, 0.2) is 5.75 Å². The monoisotopic (exact) mass is 259 g/mol. The number of methoxy groups -OCH3 is 1. The molecule has 0 aliphatic carbocycles. The van der Waals surface area contributed by atoms with Crippen LogP contribution >= 0.6 is 0 Å². The van der Waals surface area contributed by atoms with Crippen LogP contribution in [0, 0.1) is 6.92 Å². The van der Waals surface area contributed by atoms with E-state index in [1.807, 2.05) is 13.0 Å². The molecule has 0 amide bonds. The predicted octanol–water partition coefficient (Wildman–Crippen LogP) is 2.05. The Morgan fingerprint density at radius 2 is 2.05 bits per heavy atom. The molecule has 0 bridgehead atoms. The average molecular weight is 259 g/mol. The van der Waals surface area contributed by atoms with E-state index < -0.39 is 0 Å². The fraction of sp³-hybridized carbons (Fsp3) is 0.357. The number of nitrogens with zero attached hydrogens (tertiary/aromatic N) is 3. The van der Waals surface area contributed by atoms with Gasteiger partial charge in [0.05, 0.1) is 7.11 Å². The van der Waals surface area contributed by atoms with Crippen molar-refractivity contribution < 1.29 is 9.84 Å². The van der Waals surface area contributed by atoms with Gasteiger partial charge in [-0.2, -0.15) is 0 Å². The maximum atomic E-state index is 9.70. The van der Waals surface area contributed by atoms with Gasteiger partial charge >= 0.3 is 0 Å². The molecule has 0 radical (unpaired) electrons. The van der Waals surface area contributed by atoms with E-state index in [0.717, 1.165) is 29.2 Å². The number of aromatic nitrogens is 3. The first kappa shape index (κ1) is 13.3. The van der Waals surface area contributed by atoms with Crippen LogP contribution in [0.4, 0.5) is 0 Å². The Morgan fingerprint density at radius 3 is 2.68 bits per heavy atom. The van der Waals surface area contributed by atoms with E-state index in [2.05, 4.69) is 21.9 Å². The summed E-state index contributed by atoms with van der Waals surface area (Å²) in [6.45, 7) is 4.01. The molecule has 0 unspecified atom stereocenters. The Kier molecular flexibility index (Phi) is 3.94. The summed E-state index contributed by atoms with van der Waals surface area (Å²) in [4.78, 5) is 12.9. The van der Waals surface area contributed by atoms with E-state index in [1.165, 1.54) is 7.11 Å². The lowest BCUT2D eigenvalue weighted by Crippen LogP contribution is -2.02. The normalized spacial score (nSPS) is 10.5. The van der Waals surface area contributed by atoms with Crippen molar-refractivity contribution in [2.45, 2.75) is 26.7 Å². The van der Waals surface area contributed by atoms with E-state index in [0.29, 0.717) is 6.42 Å². The summed E-state index contributed by atoms with van der Waals surface area (Å²) in [5.41, 5.74) is 2.83. The van der Waals surface area contributed by atoms with Crippen LogP contribution in [0.1, 0.15) is 29.7 Å². The van der Waals surface area contributed by atoms with Gasteiger partial charge in [-0.25, -0.2) is 15.0 Å². The van der Waals surface area contributed by atoms with Gasteiger partial charge in [-0.3, -0.25) is 0 Å². The van der Waals surface area contributed by atoms with E-state index in [4.69, 9.17) is 4.74 Å². The van der Waals surface area contributed by atoms with Gasteiger partial charge in [-0.1, -0.05) is 6.92 Å². The highest BCUT2D eigenvalue weighted by Gasteiger charge is 2.07. The Balaban J connectivity index is 2.25. The van der Waals surface area contributed by atoms with Crippen molar-refractivity contribution in [2.75, 3.05) is 7.11 Å². The number of pyridine rings is 1. The highest BCUT2D eigenvalue weighted by Crippen LogP contribution is 2.23. The summed E-state index contributed by atoms with van der Waals surface area (Å²) in [6.07, 6.45) is 3.08. The minimum Gasteiger partial charge on any atom is -0.503 e. The third-order valence-corrected chi connectivity index (χ3v) is 2.76. The van der Waals surface area contributed by atoms with Crippen LogP contribution in [-0.4, -0.2) is 27.2 Å². The molecule has 0 fully saturated rings. The summed E-state index contributed by atoms with van der Waals surface area (Å²) in [5, 5.41) is 9.70. The second-order valence-electron chi connectivity index (χ2n) is 4.32. The summed E-state index contributed by atoms with van der Waals surface area (Å²) >= 11 is 0. The van der Waals surface area contributed by atoms with Crippen molar-refractivity contribution in [3.05, 3.63) is 41.1 Å². The van der Waals surface area contributed by atoms with E-state index in [9.17, 15) is 5.11 Å². The molecule has 2 heterocycles. The lowest BCUT2D eigenvalue weighted by molar-refractivity contribution is 0.358. The molecule has 0 aliphatic rings. The van der Waals surface area contributed by atoms with E-state index in [-0.39, 0.29) is 11.6 Å². The quantitative estimate of drug-likeness (QED) is 0.910. The zero-order valence-electron chi connectivity index (χ0n) is 11.3. The van der Waals surface area contributed by atoms with Gasteiger partial charge < -0.3 is 9.84 Å². The number of aromatic hydroxyl groups is 1. The van der Waals surface area contributed by atoms with Crippen molar-refractivity contribution >= 4 is 0 Å². The van der Waals surface area contributed by atoms with Gasteiger partial charge in [-0.05, 0) is 31.0 Å². The topological polar surface area (TPSA) is 68.1 Å². The second-order valence-corrected chi connectivity index (χ2v) is 4.32. The molecule has 0 spiro atoms. The van der Waals surface area contributed by atoms with Crippen molar-refractivity contribution in [3.8, 4) is 11.6 Å². The molecule has 100 valence electrons. The molecule has 2 aromatic heterocycles. The van der Waals surface area contributed by atoms with Crippen molar-refractivity contribution in [1.82, 2.24) is 15.0 Å². The fourth-order valence-corrected chi connectivity index (χ4v) is 1.88. The summed E-state index contributed by atoms with van der Waals surface area (Å²) in [7, 11) is 1.47.